The summed E-state index contributed by atoms with van der Waals surface area (Å²) in [5.41, 5.74) is 5.48. The first-order chi connectivity index (χ1) is 11.2. The van der Waals surface area contributed by atoms with Gasteiger partial charge >= 0.3 is 0 Å². The highest BCUT2D eigenvalue weighted by Crippen LogP contribution is 2.43. The lowest BCUT2D eigenvalue weighted by molar-refractivity contribution is -0.572. The Kier molecular flexibility index (Phi) is 4.09. The van der Waals surface area contributed by atoms with Crippen LogP contribution in [-0.4, -0.2) is 5.78 Å². The molecule has 1 aromatic rings. The predicted molar refractivity (Wildman–Crippen MR) is 94.1 cm³/mol. The van der Waals surface area contributed by atoms with Crippen molar-refractivity contribution in [2.24, 2.45) is 15.8 Å². The third kappa shape index (κ3) is 2.80. The standard InChI is InChI=1S/C21H24N2O.ClH/c1-20(2,3)19-18-16(12-8-6-7-9-13(12)22-18)17-14(23-19)10-21(4,5)11-15(17)24;/h6-9,23H,10-11H2,1-5H3;1H. The smallest absolute Gasteiger partial charge is 0.169 e. The van der Waals surface area contributed by atoms with E-state index in [0.717, 1.165) is 33.8 Å². The summed E-state index contributed by atoms with van der Waals surface area (Å²) in [5, 5.41) is 4.36. The number of ketones is 1. The highest BCUT2D eigenvalue weighted by Gasteiger charge is 2.44. The lowest BCUT2D eigenvalue weighted by Crippen LogP contribution is -3.00. The summed E-state index contributed by atoms with van der Waals surface area (Å²) in [6.45, 7) is 11.1. The normalized spacial score (nSPS) is 21.3. The molecule has 0 atom stereocenters. The molecule has 4 rings (SSSR count). The molecular formula is C21H25ClN2O. The van der Waals surface area contributed by atoms with E-state index in [1.165, 1.54) is 11.4 Å². The zero-order chi connectivity index (χ0) is 17.3. The lowest BCUT2D eigenvalue weighted by Gasteiger charge is -2.35. The van der Waals surface area contributed by atoms with E-state index in [0.29, 0.717) is 6.42 Å². The molecule has 0 fully saturated rings. The molecule has 25 heavy (non-hydrogen) atoms. The summed E-state index contributed by atoms with van der Waals surface area (Å²) >= 11 is 0. The van der Waals surface area contributed by atoms with Crippen molar-refractivity contribution in [1.29, 1.82) is 0 Å². The van der Waals surface area contributed by atoms with Crippen LogP contribution in [0.1, 0.15) is 47.5 Å². The average Bonchev–Trinajstić information content (AvgIpc) is 2.82. The zero-order valence-corrected chi connectivity index (χ0v) is 16.3. The number of hydrogen-bond donors (Lipinski definition) is 1. The Morgan fingerprint density at radius 3 is 2.44 bits per heavy atom. The minimum atomic E-state index is -0.00467. The monoisotopic (exact) mass is 356 g/mol. The summed E-state index contributed by atoms with van der Waals surface area (Å²) in [5.74, 6) is 0.268. The number of nitrogens with two attached hydrogens (primary N) is 1. The van der Waals surface area contributed by atoms with E-state index in [4.69, 9.17) is 4.99 Å². The number of benzene rings is 1. The van der Waals surface area contributed by atoms with Crippen LogP contribution >= 0.6 is 0 Å². The fourth-order valence-corrected chi connectivity index (χ4v) is 4.14. The molecule has 0 bridgehead atoms. The molecule has 1 aliphatic carbocycles. The van der Waals surface area contributed by atoms with Crippen LogP contribution < -0.4 is 28.3 Å². The van der Waals surface area contributed by atoms with Gasteiger partial charge in [0.2, 0.25) is 0 Å². The minimum absolute atomic E-state index is 0. The molecule has 132 valence electrons. The highest BCUT2D eigenvalue weighted by atomic mass is 35.5. The first-order valence-electron chi connectivity index (χ1n) is 8.72. The third-order valence-corrected chi connectivity index (χ3v) is 5.18. The molecule has 0 saturated heterocycles. The van der Waals surface area contributed by atoms with E-state index in [1.807, 2.05) is 18.2 Å². The van der Waals surface area contributed by atoms with Crippen molar-refractivity contribution in [2.75, 3.05) is 0 Å². The average molecular weight is 357 g/mol. The van der Waals surface area contributed by atoms with Gasteiger partial charge in [-0.1, -0.05) is 52.8 Å². The molecule has 4 heteroatoms. The Bertz CT molecular complexity index is 958. The summed E-state index contributed by atoms with van der Waals surface area (Å²) < 4.78 is 0. The number of Topliss-reactive ketones (excluding diaryl/α,β-unsaturated/α-hetero) is 1. The number of allylic oxidation sites excluding steroid dienone is 3. The third-order valence-electron chi connectivity index (χ3n) is 5.18. The fourth-order valence-electron chi connectivity index (χ4n) is 4.14. The molecule has 0 aromatic heterocycles. The van der Waals surface area contributed by atoms with Gasteiger partial charge in [0, 0.05) is 29.0 Å². The van der Waals surface area contributed by atoms with Gasteiger partial charge in [0.1, 0.15) is 17.1 Å². The second kappa shape index (κ2) is 5.65. The zero-order valence-electron chi connectivity index (χ0n) is 15.5. The molecule has 3 nitrogen and oxygen atoms in total. The Balaban J connectivity index is 0.00000182. The van der Waals surface area contributed by atoms with E-state index in [-0.39, 0.29) is 29.0 Å². The molecular weight excluding hydrogens is 332 g/mol. The van der Waals surface area contributed by atoms with Crippen molar-refractivity contribution in [1.82, 2.24) is 0 Å². The van der Waals surface area contributed by atoms with Crippen LogP contribution in [0.5, 0.6) is 0 Å². The topological polar surface area (TPSA) is 46.0 Å². The Morgan fingerprint density at radius 1 is 1.08 bits per heavy atom. The van der Waals surface area contributed by atoms with Gasteiger partial charge in [-0.3, -0.25) is 10.1 Å². The van der Waals surface area contributed by atoms with E-state index in [9.17, 15) is 4.79 Å². The quantitative estimate of drug-likeness (QED) is 0.633. The van der Waals surface area contributed by atoms with E-state index in [2.05, 4.69) is 46.0 Å². The first kappa shape index (κ1) is 18.1. The van der Waals surface area contributed by atoms with Crippen molar-refractivity contribution in [2.45, 2.75) is 47.5 Å². The Hall–Kier alpha value is -1.71. The maximum Gasteiger partial charge on any atom is 0.169 e. The van der Waals surface area contributed by atoms with Crippen molar-refractivity contribution in [3.8, 4) is 0 Å². The van der Waals surface area contributed by atoms with Crippen LogP contribution in [0.4, 0.5) is 0 Å². The molecule has 3 aliphatic rings. The molecule has 2 N–H and O–H groups in total. The van der Waals surface area contributed by atoms with Crippen molar-refractivity contribution < 1.29 is 22.5 Å². The summed E-state index contributed by atoms with van der Waals surface area (Å²) in [6.07, 6.45) is 1.57. The number of carbonyl (C=O) groups is 1. The van der Waals surface area contributed by atoms with Crippen LogP contribution in [-0.2, 0) is 4.79 Å². The van der Waals surface area contributed by atoms with Crippen LogP contribution in [0.2, 0.25) is 0 Å². The van der Waals surface area contributed by atoms with Gasteiger partial charge in [0.25, 0.3) is 0 Å². The molecule has 1 aromatic carbocycles. The molecule has 0 amide bonds. The van der Waals surface area contributed by atoms with Crippen LogP contribution in [0.3, 0.4) is 0 Å². The van der Waals surface area contributed by atoms with Gasteiger partial charge in [0.15, 0.2) is 5.78 Å². The molecule has 0 radical (unpaired) electrons. The number of halogens is 1. The molecule has 2 aliphatic heterocycles. The van der Waals surface area contributed by atoms with Crippen LogP contribution in [0.15, 0.2) is 51.9 Å². The molecule has 2 heterocycles. The van der Waals surface area contributed by atoms with Crippen LogP contribution in [0, 0.1) is 10.8 Å². The first-order valence-corrected chi connectivity index (χ1v) is 8.72. The number of nitrogens with zero attached hydrogens (tertiary/aromatic N) is 1. The van der Waals surface area contributed by atoms with Gasteiger partial charge in [-0.15, -0.1) is 0 Å². The van der Waals surface area contributed by atoms with Crippen molar-refractivity contribution in [3.05, 3.63) is 57.5 Å². The van der Waals surface area contributed by atoms with Gasteiger partial charge < -0.3 is 12.4 Å². The lowest BCUT2D eigenvalue weighted by atomic mass is 9.71. The summed E-state index contributed by atoms with van der Waals surface area (Å²) in [7, 11) is 0. The molecule has 0 spiro atoms. The van der Waals surface area contributed by atoms with E-state index < -0.39 is 0 Å². The van der Waals surface area contributed by atoms with Crippen molar-refractivity contribution in [3.63, 3.8) is 0 Å². The van der Waals surface area contributed by atoms with Gasteiger partial charge in [-0.05, 0) is 11.5 Å². The summed E-state index contributed by atoms with van der Waals surface area (Å²) in [4.78, 5) is 17.9. The number of fused-ring (bicyclic) bond motifs is 3. The largest absolute Gasteiger partial charge is 1.00 e. The number of rotatable bonds is 0. The number of quaternary nitrogens is 1. The van der Waals surface area contributed by atoms with E-state index in [1.54, 1.807) is 0 Å². The number of para-hydroxylation sites is 1. The highest BCUT2D eigenvalue weighted by molar-refractivity contribution is 6.12. The molecule has 0 saturated carbocycles. The molecule has 0 unspecified atom stereocenters. The van der Waals surface area contributed by atoms with Gasteiger partial charge in [0.05, 0.1) is 10.9 Å². The number of carbonyl (C=O) groups excluding carboxylic acids is 1. The fraction of sp³-hybridized carbons (Fsp3) is 0.429. The van der Waals surface area contributed by atoms with Gasteiger partial charge in [-0.25, -0.2) is 4.99 Å². The SMILES string of the molecule is CC1(C)CC(=O)C2=C(C1)[NH2+]C(C(C)(C)C)=C1N=c3ccccc3=C12.[Cl-]. The second-order valence-electron chi connectivity index (χ2n) is 9.00. The number of hydrogen-bond acceptors (Lipinski definition) is 2. The maximum atomic E-state index is 13.0. The predicted octanol–water partition coefficient (Wildman–Crippen LogP) is -1.05. The van der Waals surface area contributed by atoms with Crippen LogP contribution in [0.25, 0.3) is 5.57 Å². The van der Waals surface area contributed by atoms with Crippen molar-refractivity contribution >= 4 is 11.4 Å². The van der Waals surface area contributed by atoms with Gasteiger partial charge in [-0.2, -0.15) is 0 Å². The minimum Gasteiger partial charge on any atom is -1.00 e. The Morgan fingerprint density at radius 2 is 1.76 bits per heavy atom. The second-order valence-corrected chi connectivity index (χ2v) is 9.00. The summed E-state index contributed by atoms with van der Waals surface area (Å²) in [6, 6.07) is 8.20. The maximum absolute atomic E-state index is 13.0. The van der Waals surface area contributed by atoms with E-state index >= 15 is 0 Å². The Labute approximate surface area is 155 Å².